The third-order valence-corrected chi connectivity index (χ3v) is 4.59. The number of hydrogen-bond donors (Lipinski definition) is 2. The molecule has 1 saturated carbocycles. The molecule has 0 aliphatic heterocycles. The number of rotatable bonds is 6. The molecule has 2 rings (SSSR count). The Kier molecular flexibility index (Phi) is 4.93. The summed E-state index contributed by atoms with van der Waals surface area (Å²) in [6.07, 6.45) is 6.18. The molecule has 0 spiro atoms. The fraction of sp³-hybridized carbons (Fsp3) is 0.714. The van der Waals surface area contributed by atoms with Gasteiger partial charge in [0.2, 0.25) is 5.91 Å². The van der Waals surface area contributed by atoms with Gasteiger partial charge in [0.1, 0.15) is 0 Å². The number of hydrogen-bond acceptors (Lipinski definition) is 4. The van der Waals surface area contributed by atoms with Crippen molar-refractivity contribution in [2.24, 2.45) is 0 Å². The summed E-state index contributed by atoms with van der Waals surface area (Å²) >= 11 is 1.65. The Morgan fingerprint density at radius 2 is 2.26 bits per heavy atom. The van der Waals surface area contributed by atoms with Gasteiger partial charge in [-0.3, -0.25) is 4.79 Å². The molecule has 4 nitrogen and oxygen atoms in total. The molecule has 106 valence electrons. The van der Waals surface area contributed by atoms with Crippen LogP contribution in [0.25, 0.3) is 0 Å². The summed E-state index contributed by atoms with van der Waals surface area (Å²) in [5.74, 6) is 0.0582. The molecule has 0 saturated heterocycles. The number of thiazole rings is 1. The molecule has 1 heterocycles. The maximum atomic E-state index is 11.9. The van der Waals surface area contributed by atoms with Crippen LogP contribution in [0.2, 0.25) is 0 Å². The van der Waals surface area contributed by atoms with Crippen LogP contribution < -0.4 is 5.32 Å². The van der Waals surface area contributed by atoms with Crippen LogP contribution in [0.1, 0.15) is 49.2 Å². The minimum absolute atomic E-state index is 0.0582. The van der Waals surface area contributed by atoms with Crippen LogP contribution in [0.3, 0.4) is 0 Å². The Labute approximate surface area is 118 Å². The fourth-order valence-electron chi connectivity index (χ4n) is 2.69. The second-order valence-electron chi connectivity index (χ2n) is 5.41. The Bertz CT molecular complexity index is 425. The quantitative estimate of drug-likeness (QED) is 0.841. The zero-order chi connectivity index (χ0) is 13.7. The highest BCUT2D eigenvalue weighted by molar-refractivity contribution is 7.09. The van der Waals surface area contributed by atoms with E-state index in [2.05, 4.69) is 15.7 Å². The van der Waals surface area contributed by atoms with Gasteiger partial charge in [0.05, 0.1) is 22.8 Å². The lowest BCUT2D eigenvalue weighted by atomic mass is 9.98. The summed E-state index contributed by atoms with van der Waals surface area (Å²) in [5, 5.41) is 15.6. The van der Waals surface area contributed by atoms with E-state index in [1.165, 1.54) is 0 Å². The predicted octanol–water partition coefficient (Wildman–Crippen LogP) is 2.20. The van der Waals surface area contributed by atoms with E-state index < -0.39 is 0 Å². The zero-order valence-electron chi connectivity index (χ0n) is 11.4. The molecule has 1 fully saturated rings. The van der Waals surface area contributed by atoms with Gasteiger partial charge in [-0.15, -0.1) is 11.3 Å². The van der Waals surface area contributed by atoms with Crippen molar-refractivity contribution in [1.29, 1.82) is 0 Å². The molecule has 0 unspecified atom stereocenters. The summed E-state index contributed by atoms with van der Waals surface area (Å²) < 4.78 is 0. The lowest BCUT2D eigenvalue weighted by molar-refractivity contribution is -0.123. The van der Waals surface area contributed by atoms with E-state index in [9.17, 15) is 9.90 Å². The maximum absolute atomic E-state index is 11.9. The van der Waals surface area contributed by atoms with E-state index in [0.29, 0.717) is 6.42 Å². The van der Waals surface area contributed by atoms with Gasteiger partial charge in [-0.1, -0.05) is 12.8 Å². The highest BCUT2D eigenvalue weighted by Crippen LogP contribution is 2.29. The average Bonchev–Trinajstić information content (AvgIpc) is 2.99. The Morgan fingerprint density at radius 1 is 1.53 bits per heavy atom. The number of aryl methyl sites for hydroxylation is 2. The fourth-order valence-corrected chi connectivity index (χ4v) is 3.33. The van der Waals surface area contributed by atoms with Crippen LogP contribution in [-0.4, -0.2) is 28.1 Å². The molecule has 0 aromatic carbocycles. The summed E-state index contributed by atoms with van der Waals surface area (Å²) in [5.41, 5.74) is 0.738. The van der Waals surface area contributed by atoms with Crippen molar-refractivity contribution in [3.8, 4) is 0 Å². The average molecular weight is 282 g/mol. The molecule has 2 N–H and O–H groups in total. The lowest BCUT2D eigenvalue weighted by Gasteiger charge is -2.27. The minimum atomic E-state index is -0.339. The smallest absolute Gasteiger partial charge is 0.220 e. The third kappa shape index (κ3) is 4.01. The largest absolute Gasteiger partial charge is 0.394 e. The van der Waals surface area contributed by atoms with Gasteiger partial charge in [0.15, 0.2) is 0 Å². The number of aliphatic hydroxyl groups is 1. The Hall–Kier alpha value is -0.940. The van der Waals surface area contributed by atoms with Crippen LogP contribution in [-0.2, 0) is 11.2 Å². The minimum Gasteiger partial charge on any atom is -0.394 e. The summed E-state index contributed by atoms with van der Waals surface area (Å²) in [4.78, 5) is 16.3. The van der Waals surface area contributed by atoms with Crippen LogP contribution in [0.15, 0.2) is 5.38 Å². The monoisotopic (exact) mass is 282 g/mol. The van der Waals surface area contributed by atoms with E-state index >= 15 is 0 Å². The van der Waals surface area contributed by atoms with E-state index in [1.807, 2.05) is 6.92 Å². The molecule has 1 aromatic heterocycles. The molecular formula is C14H22N2O2S. The number of aromatic nitrogens is 1. The number of carbonyl (C=O) groups excluding carboxylic acids is 1. The molecule has 19 heavy (non-hydrogen) atoms. The number of nitrogens with one attached hydrogen (secondary N) is 1. The van der Waals surface area contributed by atoms with Crippen molar-refractivity contribution in [2.45, 2.75) is 57.4 Å². The first-order valence-corrected chi connectivity index (χ1v) is 7.84. The second kappa shape index (κ2) is 6.48. The van der Waals surface area contributed by atoms with E-state index in [0.717, 1.165) is 49.2 Å². The van der Waals surface area contributed by atoms with Crippen molar-refractivity contribution < 1.29 is 9.90 Å². The van der Waals surface area contributed by atoms with Crippen LogP contribution in [0.4, 0.5) is 0 Å². The summed E-state index contributed by atoms with van der Waals surface area (Å²) in [6.45, 7) is 2.05. The van der Waals surface area contributed by atoms with Crippen LogP contribution in [0, 0.1) is 6.92 Å². The first-order valence-electron chi connectivity index (χ1n) is 6.96. The standard InChI is InChI=1S/C14H22N2O2S/c1-11-15-12(9-19-11)5-4-6-13(18)16-14(10-17)7-2-3-8-14/h9,17H,2-8,10H2,1H3,(H,16,18). The Morgan fingerprint density at radius 3 is 2.84 bits per heavy atom. The van der Waals surface area contributed by atoms with Crippen molar-refractivity contribution >= 4 is 17.2 Å². The zero-order valence-corrected chi connectivity index (χ0v) is 12.3. The molecule has 1 aromatic rings. The van der Waals surface area contributed by atoms with Gasteiger partial charge in [0, 0.05) is 11.8 Å². The maximum Gasteiger partial charge on any atom is 0.220 e. The first kappa shape index (κ1) is 14.5. The summed E-state index contributed by atoms with van der Waals surface area (Å²) in [6, 6.07) is 0. The van der Waals surface area contributed by atoms with Gasteiger partial charge in [-0.25, -0.2) is 4.98 Å². The molecule has 0 radical (unpaired) electrons. The van der Waals surface area contributed by atoms with Gasteiger partial charge in [-0.05, 0) is 32.6 Å². The highest BCUT2D eigenvalue weighted by atomic mass is 32.1. The molecule has 5 heteroatoms. The van der Waals surface area contributed by atoms with Crippen molar-refractivity contribution in [3.05, 3.63) is 16.1 Å². The number of carbonyl (C=O) groups is 1. The number of aliphatic hydroxyl groups excluding tert-OH is 1. The van der Waals surface area contributed by atoms with Crippen molar-refractivity contribution in [3.63, 3.8) is 0 Å². The van der Waals surface area contributed by atoms with Gasteiger partial charge in [-0.2, -0.15) is 0 Å². The lowest BCUT2D eigenvalue weighted by Crippen LogP contribution is -2.49. The molecule has 1 aliphatic carbocycles. The van der Waals surface area contributed by atoms with E-state index in [1.54, 1.807) is 11.3 Å². The van der Waals surface area contributed by atoms with Gasteiger partial charge >= 0.3 is 0 Å². The van der Waals surface area contributed by atoms with Gasteiger partial charge in [0.25, 0.3) is 0 Å². The third-order valence-electron chi connectivity index (χ3n) is 3.77. The number of amides is 1. The molecule has 1 aliphatic rings. The molecule has 1 amide bonds. The van der Waals surface area contributed by atoms with Crippen LogP contribution in [0.5, 0.6) is 0 Å². The normalized spacial score (nSPS) is 17.6. The number of nitrogens with zero attached hydrogens (tertiary/aromatic N) is 1. The SMILES string of the molecule is Cc1nc(CCCC(=O)NC2(CO)CCCC2)cs1. The predicted molar refractivity (Wildman–Crippen MR) is 76.2 cm³/mol. The van der Waals surface area contributed by atoms with Crippen molar-refractivity contribution in [2.75, 3.05) is 6.61 Å². The topological polar surface area (TPSA) is 62.2 Å². The van der Waals surface area contributed by atoms with E-state index in [-0.39, 0.29) is 18.1 Å². The second-order valence-corrected chi connectivity index (χ2v) is 6.47. The summed E-state index contributed by atoms with van der Waals surface area (Å²) in [7, 11) is 0. The molecule has 0 bridgehead atoms. The Balaban J connectivity index is 1.72. The molecular weight excluding hydrogens is 260 g/mol. The van der Waals surface area contributed by atoms with E-state index in [4.69, 9.17) is 0 Å². The van der Waals surface area contributed by atoms with Crippen molar-refractivity contribution in [1.82, 2.24) is 10.3 Å². The molecule has 0 atom stereocenters. The first-order chi connectivity index (χ1) is 9.13. The van der Waals surface area contributed by atoms with Crippen LogP contribution >= 0.6 is 11.3 Å². The van der Waals surface area contributed by atoms with Gasteiger partial charge < -0.3 is 10.4 Å². The highest BCUT2D eigenvalue weighted by Gasteiger charge is 2.34.